The van der Waals surface area contributed by atoms with Gasteiger partial charge in [0.1, 0.15) is 12.7 Å². The summed E-state index contributed by atoms with van der Waals surface area (Å²) in [6.45, 7) is -0.158. The first-order chi connectivity index (χ1) is 8.83. The molecule has 0 aliphatic rings. The Morgan fingerprint density at radius 3 is 2.63 bits per heavy atom. The van der Waals surface area contributed by atoms with Crippen LogP contribution in [0.15, 0.2) is 29.2 Å². The van der Waals surface area contributed by atoms with E-state index >= 15 is 0 Å². The maximum absolute atomic E-state index is 12.0. The van der Waals surface area contributed by atoms with E-state index in [4.69, 9.17) is 0 Å². The fourth-order valence-electron chi connectivity index (χ4n) is 1.28. The van der Waals surface area contributed by atoms with Crippen molar-refractivity contribution in [1.29, 1.82) is 0 Å². The highest BCUT2D eigenvalue weighted by atomic mass is 32.2. The zero-order valence-corrected chi connectivity index (χ0v) is 11.3. The van der Waals surface area contributed by atoms with Gasteiger partial charge >= 0.3 is 6.18 Å². The largest absolute Gasteiger partial charge is 0.411 e. The maximum atomic E-state index is 12.0. The Bertz CT molecular complexity index is 437. The zero-order chi connectivity index (χ0) is 14.5. The Hall–Kier alpha value is -1.21. The van der Waals surface area contributed by atoms with Crippen LogP contribution in [0.2, 0.25) is 0 Å². The number of hydrogen-bond acceptors (Lipinski definition) is 3. The smallest absolute Gasteiger partial charge is 0.359 e. The lowest BCUT2D eigenvalue weighted by atomic mass is 10.3. The summed E-state index contributed by atoms with van der Waals surface area (Å²) in [7, 11) is 0. The van der Waals surface area contributed by atoms with Crippen molar-refractivity contribution in [2.24, 2.45) is 0 Å². The molecule has 0 spiro atoms. The highest BCUT2D eigenvalue weighted by Gasteiger charge is 2.30. The van der Waals surface area contributed by atoms with Crippen molar-refractivity contribution in [2.75, 3.05) is 18.2 Å². The molecule has 0 aliphatic heterocycles. The van der Waals surface area contributed by atoms with E-state index in [1.165, 1.54) is 18.7 Å². The highest BCUT2D eigenvalue weighted by Crippen LogP contribution is 2.25. The van der Waals surface area contributed by atoms with Crippen molar-refractivity contribution in [3.8, 4) is 0 Å². The summed E-state index contributed by atoms with van der Waals surface area (Å²) < 4.78 is 40.4. The molecular weight excluding hydrogens is 279 g/mol. The van der Waals surface area contributed by atoms with Gasteiger partial charge in [-0.05, 0) is 25.3 Å². The Morgan fingerprint density at radius 1 is 1.42 bits per heavy atom. The minimum atomic E-state index is -4.44. The Labute approximate surface area is 113 Å². The Balaban J connectivity index is 2.59. The van der Waals surface area contributed by atoms with Gasteiger partial charge in [0.2, 0.25) is 0 Å². The number of carbonyl (C=O) groups excluding carboxylic acids is 1. The maximum Gasteiger partial charge on any atom is 0.411 e. The van der Waals surface area contributed by atoms with E-state index in [0.717, 1.165) is 4.90 Å². The number of carbonyl (C=O) groups is 1. The van der Waals surface area contributed by atoms with E-state index in [0.29, 0.717) is 5.69 Å². The van der Waals surface area contributed by atoms with Gasteiger partial charge in [0.25, 0.3) is 5.91 Å². The number of para-hydroxylation sites is 1. The number of alkyl halides is 3. The lowest BCUT2D eigenvalue weighted by molar-refractivity contribution is -0.184. The van der Waals surface area contributed by atoms with Gasteiger partial charge in [-0.15, -0.1) is 11.8 Å². The van der Waals surface area contributed by atoms with Crippen molar-refractivity contribution in [2.45, 2.75) is 24.1 Å². The first-order valence-electron chi connectivity index (χ1n) is 5.45. The minimum absolute atomic E-state index is 0.558. The summed E-state index contributed by atoms with van der Waals surface area (Å²) in [5.41, 5.74) is 0.558. The number of amides is 1. The van der Waals surface area contributed by atoms with Gasteiger partial charge in [-0.3, -0.25) is 4.79 Å². The van der Waals surface area contributed by atoms with Crippen LogP contribution in [0.25, 0.3) is 0 Å². The molecule has 106 valence electrons. The number of thioether (sulfide) groups is 1. The summed E-state index contributed by atoms with van der Waals surface area (Å²) in [6, 6.07) is 7.03. The SMILES string of the molecule is CSc1ccccc1NC(=O)C(C)OCC(F)(F)F. The first kappa shape index (κ1) is 15.8. The van der Waals surface area contributed by atoms with E-state index in [9.17, 15) is 18.0 Å². The van der Waals surface area contributed by atoms with Crippen molar-refractivity contribution < 1.29 is 22.7 Å². The van der Waals surface area contributed by atoms with Crippen LogP contribution in [-0.4, -0.2) is 31.1 Å². The molecule has 7 heteroatoms. The van der Waals surface area contributed by atoms with Crippen LogP contribution in [0.5, 0.6) is 0 Å². The lowest BCUT2D eigenvalue weighted by Gasteiger charge is -2.15. The molecule has 0 heterocycles. The number of rotatable bonds is 5. The molecule has 0 saturated heterocycles. The second kappa shape index (κ2) is 6.81. The monoisotopic (exact) mass is 293 g/mol. The summed E-state index contributed by atoms with van der Waals surface area (Å²) in [4.78, 5) is 12.5. The molecule has 0 saturated carbocycles. The molecule has 0 radical (unpaired) electrons. The van der Waals surface area contributed by atoms with Crippen LogP contribution in [-0.2, 0) is 9.53 Å². The van der Waals surface area contributed by atoms with Crippen LogP contribution >= 0.6 is 11.8 Å². The molecule has 0 aliphatic carbocycles. The zero-order valence-electron chi connectivity index (χ0n) is 10.5. The van der Waals surface area contributed by atoms with Gasteiger partial charge in [0.05, 0.1) is 5.69 Å². The van der Waals surface area contributed by atoms with Gasteiger partial charge < -0.3 is 10.1 Å². The molecule has 1 aromatic carbocycles. The van der Waals surface area contributed by atoms with Crippen molar-refractivity contribution in [3.63, 3.8) is 0 Å². The third-order valence-corrected chi connectivity index (χ3v) is 3.03. The second-order valence-electron chi connectivity index (χ2n) is 3.76. The van der Waals surface area contributed by atoms with E-state index in [2.05, 4.69) is 10.1 Å². The van der Waals surface area contributed by atoms with Gasteiger partial charge in [-0.2, -0.15) is 13.2 Å². The quantitative estimate of drug-likeness (QED) is 0.846. The van der Waals surface area contributed by atoms with Gasteiger partial charge in [0.15, 0.2) is 0 Å². The Kier molecular flexibility index (Phi) is 5.68. The van der Waals surface area contributed by atoms with Gasteiger partial charge in [-0.25, -0.2) is 0 Å². The molecule has 19 heavy (non-hydrogen) atoms. The number of nitrogens with one attached hydrogen (secondary N) is 1. The minimum Gasteiger partial charge on any atom is -0.359 e. The summed E-state index contributed by atoms with van der Waals surface area (Å²) in [6.07, 6.45) is -3.77. The van der Waals surface area contributed by atoms with Crippen LogP contribution in [0.3, 0.4) is 0 Å². The molecule has 1 rings (SSSR count). The predicted molar refractivity (Wildman–Crippen MR) is 68.3 cm³/mol. The van der Waals surface area contributed by atoms with Crippen molar-refractivity contribution in [3.05, 3.63) is 24.3 Å². The van der Waals surface area contributed by atoms with Crippen LogP contribution in [0.4, 0.5) is 18.9 Å². The normalized spacial score (nSPS) is 13.1. The topological polar surface area (TPSA) is 38.3 Å². The van der Waals surface area contributed by atoms with Crippen LogP contribution < -0.4 is 5.32 Å². The fraction of sp³-hybridized carbons (Fsp3) is 0.417. The molecule has 3 nitrogen and oxygen atoms in total. The molecule has 1 aromatic rings. The molecule has 0 aromatic heterocycles. The van der Waals surface area contributed by atoms with E-state index in [1.807, 2.05) is 18.4 Å². The molecule has 1 atom stereocenters. The Morgan fingerprint density at radius 2 is 2.05 bits per heavy atom. The molecule has 0 bridgehead atoms. The van der Waals surface area contributed by atoms with Crippen molar-refractivity contribution in [1.82, 2.24) is 0 Å². The first-order valence-corrected chi connectivity index (χ1v) is 6.68. The standard InChI is InChI=1S/C12H14F3NO2S/c1-8(18-7-12(13,14)15)11(17)16-9-5-3-4-6-10(9)19-2/h3-6,8H,7H2,1-2H3,(H,16,17). The number of hydrogen-bond donors (Lipinski definition) is 1. The second-order valence-corrected chi connectivity index (χ2v) is 4.61. The van der Waals surface area contributed by atoms with Crippen LogP contribution in [0.1, 0.15) is 6.92 Å². The van der Waals surface area contributed by atoms with E-state index in [-0.39, 0.29) is 0 Å². The number of benzene rings is 1. The third-order valence-electron chi connectivity index (χ3n) is 2.23. The summed E-state index contributed by atoms with van der Waals surface area (Å²) in [5, 5.41) is 2.55. The van der Waals surface area contributed by atoms with E-state index < -0.39 is 24.8 Å². The third kappa shape index (κ3) is 5.52. The van der Waals surface area contributed by atoms with Crippen molar-refractivity contribution >= 4 is 23.4 Å². The fourth-order valence-corrected chi connectivity index (χ4v) is 1.83. The summed E-state index contributed by atoms with van der Waals surface area (Å²) >= 11 is 1.43. The van der Waals surface area contributed by atoms with Crippen LogP contribution in [0, 0.1) is 0 Å². The molecule has 1 N–H and O–H groups in total. The lowest BCUT2D eigenvalue weighted by Crippen LogP contribution is -2.31. The molecule has 0 fully saturated rings. The highest BCUT2D eigenvalue weighted by molar-refractivity contribution is 7.98. The molecular formula is C12H14F3NO2S. The van der Waals surface area contributed by atoms with E-state index in [1.54, 1.807) is 12.1 Å². The van der Waals surface area contributed by atoms with Gasteiger partial charge in [0, 0.05) is 4.90 Å². The summed E-state index contributed by atoms with van der Waals surface area (Å²) in [5.74, 6) is -0.606. The average Bonchev–Trinajstić information content (AvgIpc) is 2.35. The average molecular weight is 293 g/mol. The molecule has 1 amide bonds. The predicted octanol–water partition coefficient (Wildman–Crippen LogP) is 3.31. The number of anilines is 1. The molecule has 1 unspecified atom stereocenters. The van der Waals surface area contributed by atoms with Gasteiger partial charge in [-0.1, -0.05) is 12.1 Å². The number of halogens is 3. The number of ether oxygens (including phenoxy) is 1.